The number of para-hydroxylation sites is 2. The SMILES string of the molecule is CN1C(=O)c2ccc([N+](=O)[O-])cc2C1=O.C[C@H]1COc2ccccc2O1. The van der Waals surface area contributed by atoms with E-state index in [4.69, 9.17) is 9.47 Å². The summed E-state index contributed by atoms with van der Waals surface area (Å²) in [4.78, 5) is 33.7. The van der Waals surface area contributed by atoms with E-state index < -0.39 is 16.7 Å². The van der Waals surface area contributed by atoms with Gasteiger partial charge in [-0.3, -0.25) is 24.6 Å². The largest absolute Gasteiger partial charge is 0.486 e. The fourth-order valence-electron chi connectivity index (χ4n) is 2.59. The first-order valence-electron chi connectivity index (χ1n) is 7.88. The van der Waals surface area contributed by atoms with Crippen molar-refractivity contribution in [3.05, 3.63) is 63.7 Å². The van der Waals surface area contributed by atoms with Crippen molar-refractivity contribution in [1.82, 2.24) is 4.90 Å². The third-order valence-electron chi connectivity index (χ3n) is 3.93. The van der Waals surface area contributed by atoms with Crippen LogP contribution in [0, 0.1) is 10.1 Å². The standard InChI is InChI=1S/C9H6N2O4.C9H10O2/c1-10-8(12)6-3-2-5(11(14)15)4-7(6)9(10)13;1-7-6-10-8-4-2-3-5-9(8)11-7/h2-4H,1H3;2-5,7H,6H2,1H3/t;7-/m.0/s1. The Balaban J connectivity index is 0.000000158. The summed E-state index contributed by atoms with van der Waals surface area (Å²) in [6.45, 7) is 2.65. The number of rotatable bonds is 1. The monoisotopic (exact) mass is 356 g/mol. The van der Waals surface area contributed by atoms with E-state index in [1.54, 1.807) is 0 Å². The molecule has 0 aromatic heterocycles. The summed E-state index contributed by atoms with van der Waals surface area (Å²) in [6, 6.07) is 11.4. The third kappa shape index (κ3) is 3.21. The van der Waals surface area contributed by atoms with Gasteiger partial charge < -0.3 is 9.47 Å². The predicted octanol–water partition coefficient (Wildman–Crippen LogP) is 2.67. The van der Waals surface area contributed by atoms with Crippen molar-refractivity contribution in [3.8, 4) is 11.5 Å². The van der Waals surface area contributed by atoms with Gasteiger partial charge in [-0.15, -0.1) is 0 Å². The number of amides is 2. The lowest BCUT2D eigenvalue weighted by molar-refractivity contribution is -0.384. The van der Waals surface area contributed by atoms with Crippen molar-refractivity contribution in [2.24, 2.45) is 0 Å². The normalized spacial score (nSPS) is 17.3. The number of nitrogens with zero attached hydrogens (tertiary/aromatic N) is 2. The highest BCUT2D eigenvalue weighted by Gasteiger charge is 2.33. The van der Waals surface area contributed by atoms with Gasteiger partial charge in [0.1, 0.15) is 12.7 Å². The Morgan fingerprint density at radius 1 is 1.08 bits per heavy atom. The van der Waals surface area contributed by atoms with Gasteiger partial charge >= 0.3 is 0 Å². The smallest absolute Gasteiger partial charge is 0.270 e. The Bertz CT molecular complexity index is 895. The van der Waals surface area contributed by atoms with Gasteiger partial charge in [0.05, 0.1) is 16.1 Å². The molecule has 2 aliphatic rings. The molecule has 8 heteroatoms. The second kappa shape index (κ2) is 6.83. The average molecular weight is 356 g/mol. The molecule has 1 atom stereocenters. The minimum Gasteiger partial charge on any atom is -0.486 e. The Morgan fingerprint density at radius 2 is 1.73 bits per heavy atom. The number of imide groups is 1. The number of hydrogen-bond acceptors (Lipinski definition) is 6. The maximum Gasteiger partial charge on any atom is 0.270 e. The van der Waals surface area contributed by atoms with E-state index in [1.165, 1.54) is 19.2 Å². The van der Waals surface area contributed by atoms with Crippen LogP contribution in [0.25, 0.3) is 0 Å². The lowest BCUT2D eigenvalue weighted by Crippen LogP contribution is -2.25. The first kappa shape index (κ1) is 17.4. The number of fused-ring (bicyclic) bond motifs is 2. The zero-order chi connectivity index (χ0) is 18.8. The van der Waals surface area contributed by atoms with Crippen LogP contribution in [0.3, 0.4) is 0 Å². The third-order valence-corrected chi connectivity index (χ3v) is 3.93. The highest BCUT2D eigenvalue weighted by atomic mass is 16.6. The van der Waals surface area contributed by atoms with Gasteiger partial charge in [0.2, 0.25) is 0 Å². The molecule has 2 aromatic carbocycles. The summed E-state index contributed by atoms with van der Waals surface area (Å²) in [6.07, 6.45) is 0.171. The number of carbonyl (C=O) groups excluding carboxylic acids is 2. The molecule has 26 heavy (non-hydrogen) atoms. The van der Waals surface area contributed by atoms with Gasteiger partial charge in [-0.05, 0) is 25.1 Å². The van der Waals surface area contributed by atoms with E-state index in [0.29, 0.717) is 6.61 Å². The predicted molar refractivity (Wildman–Crippen MR) is 91.5 cm³/mol. The van der Waals surface area contributed by atoms with Crippen LogP contribution in [0.5, 0.6) is 11.5 Å². The number of nitro groups is 1. The Morgan fingerprint density at radius 3 is 2.42 bits per heavy atom. The molecule has 0 spiro atoms. The van der Waals surface area contributed by atoms with Crippen LogP contribution in [0.4, 0.5) is 5.69 Å². The maximum atomic E-state index is 11.5. The molecule has 2 aliphatic heterocycles. The van der Waals surface area contributed by atoms with Crippen LogP contribution in [0.15, 0.2) is 42.5 Å². The van der Waals surface area contributed by atoms with Crippen molar-refractivity contribution in [1.29, 1.82) is 0 Å². The van der Waals surface area contributed by atoms with Gasteiger partial charge in [0.15, 0.2) is 11.5 Å². The molecule has 2 heterocycles. The van der Waals surface area contributed by atoms with E-state index in [9.17, 15) is 19.7 Å². The summed E-state index contributed by atoms with van der Waals surface area (Å²) in [7, 11) is 1.34. The van der Waals surface area contributed by atoms with Crippen LogP contribution >= 0.6 is 0 Å². The molecule has 8 nitrogen and oxygen atoms in total. The molecule has 0 fully saturated rings. The average Bonchev–Trinajstić information content (AvgIpc) is 2.86. The van der Waals surface area contributed by atoms with Gasteiger partial charge in [-0.1, -0.05) is 12.1 Å². The van der Waals surface area contributed by atoms with E-state index in [0.717, 1.165) is 22.5 Å². The molecule has 2 aromatic rings. The summed E-state index contributed by atoms with van der Waals surface area (Å²) in [5.74, 6) is 0.778. The summed E-state index contributed by atoms with van der Waals surface area (Å²) >= 11 is 0. The highest BCUT2D eigenvalue weighted by Crippen LogP contribution is 2.30. The molecule has 0 saturated carbocycles. The molecule has 134 valence electrons. The van der Waals surface area contributed by atoms with Crippen LogP contribution < -0.4 is 9.47 Å². The zero-order valence-corrected chi connectivity index (χ0v) is 14.2. The van der Waals surface area contributed by atoms with Crippen molar-refractivity contribution in [3.63, 3.8) is 0 Å². The second-order valence-corrected chi connectivity index (χ2v) is 5.84. The first-order valence-corrected chi connectivity index (χ1v) is 7.88. The molecular formula is C18H16N2O6. The Kier molecular flexibility index (Phi) is 4.57. The first-order chi connectivity index (χ1) is 12.4. The second-order valence-electron chi connectivity index (χ2n) is 5.84. The number of nitro benzene ring substituents is 1. The Labute approximate surface area is 149 Å². The number of non-ortho nitro benzene ring substituents is 1. The minimum absolute atomic E-state index is 0.0942. The van der Waals surface area contributed by atoms with Crippen LogP contribution in [0.1, 0.15) is 27.6 Å². The fraction of sp³-hybridized carbons (Fsp3) is 0.222. The minimum atomic E-state index is -0.601. The van der Waals surface area contributed by atoms with Crippen molar-refractivity contribution >= 4 is 17.5 Å². The Hall–Kier alpha value is -3.42. The molecule has 0 radical (unpaired) electrons. The van der Waals surface area contributed by atoms with Gasteiger partial charge in [0, 0.05) is 19.2 Å². The van der Waals surface area contributed by atoms with Crippen LogP contribution in [0.2, 0.25) is 0 Å². The topological polar surface area (TPSA) is 99.0 Å². The number of hydrogen-bond donors (Lipinski definition) is 0. The summed E-state index contributed by atoms with van der Waals surface area (Å²) in [5, 5.41) is 10.5. The molecular weight excluding hydrogens is 340 g/mol. The van der Waals surface area contributed by atoms with E-state index in [-0.39, 0.29) is 22.9 Å². The molecule has 0 saturated heterocycles. The van der Waals surface area contributed by atoms with E-state index in [2.05, 4.69) is 0 Å². The van der Waals surface area contributed by atoms with Crippen LogP contribution in [-0.2, 0) is 0 Å². The highest BCUT2D eigenvalue weighted by molar-refractivity contribution is 6.21. The number of carbonyl (C=O) groups is 2. The van der Waals surface area contributed by atoms with Crippen LogP contribution in [-0.4, -0.2) is 41.4 Å². The molecule has 0 aliphatic carbocycles. The quantitative estimate of drug-likeness (QED) is 0.442. The van der Waals surface area contributed by atoms with E-state index in [1.807, 2.05) is 31.2 Å². The summed E-state index contributed by atoms with van der Waals surface area (Å²) < 4.78 is 10.9. The zero-order valence-electron chi connectivity index (χ0n) is 14.2. The lowest BCUT2D eigenvalue weighted by Gasteiger charge is -2.23. The van der Waals surface area contributed by atoms with Gasteiger partial charge in [-0.25, -0.2) is 0 Å². The van der Waals surface area contributed by atoms with Gasteiger partial charge in [-0.2, -0.15) is 0 Å². The lowest BCUT2D eigenvalue weighted by atomic mass is 10.1. The molecule has 4 rings (SSSR count). The molecule has 0 unspecified atom stereocenters. The maximum absolute atomic E-state index is 11.5. The summed E-state index contributed by atoms with van der Waals surface area (Å²) in [5.41, 5.74) is 0.120. The molecule has 0 N–H and O–H groups in total. The van der Waals surface area contributed by atoms with Crippen molar-refractivity contribution in [2.45, 2.75) is 13.0 Å². The molecule has 2 amide bonds. The van der Waals surface area contributed by atoms with Gasteiger partial charge in [0.25, 0.3) is 17.5 Å². The van der Waals surface area contributed by atoms with Crippen molar-refractivity contribution in [2.75, 3.05) is 13.7 Å². The van der Waals surface area contributed by atoms with E-state index >= 15 is 0 Å². The van der Waals surface area contributed by atoms with Crippen molar-refractivity contribution < 1.29 is 24.0 Å². The molecule has 0 bridgehead atoms. The fourth-order valence-corrected chi connectivity index (χ4v) is 2.59. The number of ether oxygens (including phenoxy) is 2. The number of benzene rings is 2.